The fraction of sp³-hybridized carbons (Fsp3) is 0.359. The van der Waals surface area contributed by atoms with Crippen LogP contribution in [0.4, 0.5) is 0 Å². The standard InChI is InChI=1S/C14H17N3O4.C10H13ClN2O2.C10H9N3O4.C4H5NO2.CH2O3.2K.H/c1-9-12(13(18)21-14(2,3)4)16-7-10(17-9)20-8-11-15-5-6-19-11;1-6-8(12-5-7(11)13-6)9(14)15-10(2,3)4;1-6-9(10(14)15)12-4-7(13-6)17-5-8-11-2-3-16-8;6-3-4-5-1-2-7-4;2-1-4-3;;;/h5-7H,8H2,1-4H3;5H,1-4H3;2-4H,5H2,1H3,(H,14,15);1-2,6H,3H2;1,3H;;;/q;;;;;2*+1;-1/p-1. The molecule has 0 atom stereocenters. The number of rotatable bonds is 11. The van der Waals surface area contributed by atoms with E-state index in [0.29, 0.717) is 34.8 Å². The van der Waals surface area contributed by atoms with E-state index in [1.807, 2.05) is 0 Å². The molecule has 6 aromatic heterocycles. The Morgan fingerprint density at radius 3 is 1.32 bits per heavy atom. The van der Waals surface area contributed by atoms with Crippen molar-refractivity contribution in [2.45, 2.75) is 93.3 Å². The molecule has 2 N–H and O–H groups in total. The molecule has 66 heavy (non-hydrogen) atoms. The number of aliphatic hydroxyl groups excluding tert-OH is 1. The molecule has 24 nitrogen and oxygen atoms in total. The van der Waals surface area contributed by atoms with E-state index in [9.17, 15) is 14.4 Å². The van der Waals surface area contributed by atoms with E-state index in [-0.39, 0.29) is 164 Å². The molecule has 0 saturated heterocycles. The van der Waals surface area contributed by atoms with E-state index in [1.165, 1.54) is 56.0 Å². The van der Waals surface area contributed by atoms with Gasteiger partial charge in [-0.3, -0.25) is 4.79 Å². The summed E-state index contributed by atoms with van der Waals surface area (Å²) in [6.45, 7) is 15.6. The van der Waals surface area contributed by atoms with Crippen LogP contribution in [0.1, 0.15) is 109 Å². The summed E-state index contributed by atoms with van der Waals surface area (Å²) in [5.74, 6) is -0.383. The number of hydrogen-bond acceptors (Lipinski definition) is 23. The number of ether oxygens (including phenoxy) is 4. The van der Waals surface area contributed by atoms with Gasteiger partial charge in [-0.25, -0.2) is 59.2 Å². The van der Waals surface area contributed by atoms with Crippen molar-refractivity contribution in [1.82, 2.24) is 44.9 Å². The quantitative estimate of drug-likeness (QED) is 0.0489. The van der Waals surface area contributed by atoms with Gasteiger partial charge in [-0.1, -0.05) is 11.6 Å². The summed E-state index contributed by atoms with van der Waals surface area (Å²) >= 11 is 5.63. The smallest absolute Gasteiger partial charge is 1.00 e. The molecular formula is C39H46ClK2N9O15. The van der Waals surface area contributed by atoms with Crippen LogP contribution in [0.2, 0.25) is 5.15 Å². The van der Waals surface area contributed by atoms with Crippen LogP contribution in [-0.2, 0) is 39.0 Å². The maximum absolute atomic E-state index is 11.9. The zero-order valence-corrected chi connectivity index (χ0v) is 45.0. The third-order valence-electron chi connectivity index (χ3n) is 6.47. The Labute approximate surface area is 469 Å². The van der Waals surface area contributed by atoms with E-state index < -0.39 is 29.1 Å². The van der Waals surface area contributed by atoms with Gasteiger partial charge in [0.05, 0.1) is 54.3 Å². The molecule has 0 saturated carbocycles. The Morgan fingerprint density at radius 1 is 0.667 bits per heavy atom. The van der Waals surface area contributed by atoms with E-state index in [4.69, 9.17) is 59.6 Å². The number of aromatic nitrogens is 9. The molecule has 0 aliphatic heterocycles. The molecule has 6 rings (SSSR count). The fourth-order valence-corrected chi connectivity index (χ4v) is 4.20. The van der Waals surface area contributed by atoms with Gasteiger partial charge in [0.15, 0.2) is 30.3 Å². The first-order chi connectivity index (χ1) is 30.2. The van der Waals surface area contributed by atoms with Crippen molar-refractivity contribution in [3.8, 4) is 11.8 Å². The van der Waals surface area contributed by atoms with E-state index in [2.05, 4.69) is 54.2 Å². The van der Waals surface area contributed by atoms with Gasteiger partial charge in [0.2, 0.25) is 29.4 Å². The second-order valence-corrected chi connectivity index (χ2v) is 14.3. The number of aryl methyl sites for hydroxylation is 3. The van der Waals surface area contributed by atoms with Gasteiger partial charge in [0, 0.05) is 0 Å². The minimum Gasteiger partial charge on any atom is -1.00 e. The number of aliphatic hydroxyl groups is 1. The number of carbonyl (C=O) groups excluding carboxylic acids is 3. The SMILES string of the molecule is Cc1nc(Cl)cnc1C(=O)OC(C)(C)C.Cc1nc(OCc2ncco2)cnc1C(=O)O.Cc1nc(OCc2ncco2)cnc1C(=O)OC(C)(C)C.O=CO[O-].OCc1ncco1.[H-].[K+].[K+]. The monoisotopic (exact) mass is 993 g/mol. The van der Waals surface area contributed by atoms with Crippen LogP contribution in [0.15, 0.2) is 69.2 Å². The minimum atomic E-state index is -1.12. The Hall–Kier alpha value is -4.17. The van der Waals surface area contributed by atoms with Crippen molar-refractivity contribution in [3.05, 3.63) is 113 Å². The maximum Gasteiger partial charge on any atom is 1.00 e. The first-order valence-corrected chi connectivity index (χ1v) is 18.6. The van der Waals surface area contributed by atoms with Crippen LogP contribution in [0.5, 0.6) is 11.8 Å². The zero-order valence-electron chi connectivity index (χ0n) is 39.0. The minimum absolute atomic E-state index is 0. The van der Waals surface area contributed by atoms with Gasteiger partial charge in [0.25, 0.3) is 6.47 Å². The van der Waals surface area contributed by atoms with Crippen LogP contribution < -0.4 is 118 Å². The summed E-state index contributed by atoms with van der Waals surface area (Å²) in [5, 5.41) is 25.7. The van der Waals surface area contributed by atoms with Crippen LogP contribution in [0.25, 0.3) is 0 Å². The molecule has 346 valence electrons. The number of nitrogens with zero attached hydrogens (tertiary/aromatic N) is 9. The second-order valence-electron chi connectivity index (χ2n) is 13.9. The molecule has 0 unspecified atom stereocenters. The molecule has 6 aromatic rings. The summed E-state index contributed by atoms with van der Waals surface area (Å²) in [6.07, 6.45) is 12.8. The molecule has 0 amide bonds. The molecule has 0 bridgehead atoms. The van der Waals surface area contributed by atoms with Gasteiger partial charge >= 0.3 is 121 Å². The van der Waals surface area contributed by atoms with Gasteiger partial charge in [-0.2, -0.15) is 0 Å². The first kappa shape index (κ1) is 61.8. The summed E-state index contributed by atoms with van der Waals surface area (Å²) in [4.78, 5) is 80.7. The third-order valence-corrected chi connectivity index (χ3v) is 6.65. The van der Waals surface area contributed by atoms with Crippen LogP contribution >= 0.6 is 11.6 Å². The first-order valence-electron chi connectivity index (χ1n) is 18.3. The Kier molecular flexibility index (Phi) is 29.7. The van der Waals surface area contributed by atoms with Gasteiger partial charge in [0.1, 0.15) is 41.8 Å². The largest absolute Gasteiger partial charge is 1.00 e. The zero-order chi connectivity index (χ0) is 47.9. The number of carboxylic acid groups (broad SMARTS) is 1. The molecule has 0 radical (unpaired) electrons. The van der Waals surface area contributed by atoms with Crippen molar-refractivity contribution >= 4 is 36.0 Å². The van der Waals surface area contributed by atoms with Crippen LogP contribution in [-0.4, -0.2) is 90.7 Å². The summed E-state index contributed by atoms with van der Waals surface area (Å²) in [6, 6.07) is 0. The average Bonchev–Trinajstić information content (AvgIpc) is 4.04. The average molecular weight is 994 g/mol. The Balaban J connectivity index is 0. The molecule has 0 spiro atoms. The maximum atomic E-state index is 11.9. The number of carboxylic acids is 1. The van der Waals surface area contributed by atoms with Crippen molar-refractivity contribution in [1.29, 1.82) is 0 Å². The Bertz CT molecular complexity index is 2350. The van der Waals surface area contributed by atoms with Crippen molar-refractivity contribution < 1.29 is 176 Å². The summed E-state index contributed by atoms with van der Waals surface area (Å²) in [5.41, 5.74) is 0.375. The van der Waals surface area contributed by atoms with Gasteiger partial charge < -0.3 is 54.0 Å². The van der Waals surface area contributed by atoms with E-state index in [1.54, 1.807) is 62.3 Å². The third kappa shape index (κ3) is 25.1. The molecule has 27 heteroatoms. The number of hydrogen-bond donors (Lipinski definition) is 2. The van der Waals surface area contributed by atoms with E-state index in [0.717, 1.165) is 0 Å². The predicted octanol–water partition coefficient (Wildman–Crippen LogP) is -1.53. The molecule has 0 aromatic carbocycles. The topological polar surface area (TPSA) is 333 Å². The van der Waals surface area contributed by atoms with E-state index >= 15 is 0 Å². The predicted molar refractivity (Wildman–Crippen MR) is 215 cm³/mol. The van der Waals surface area contributed by atoms with Crippen molar-refractivity contribution in [2.75, 3.05) is 0 Å². The van der Waals surface area contributed by atoms with Crippen molar-refractivity contribution in [2.24, 2.45) is 0 Å². The molecule has 0 fully saturated rings. The molecule has 0 aliphatic carbocycles. The normalized spacial score (nSPS) is 10.1. The number of oxazole rings is 3. The number of carbonyl (C=O) groups is 4. The number of aromatic carboxylic acids is 1. The van der Waals surface area contributed by atoms with Gasteiger partial charge in [-0.05, 0) is 62.3 Å². The second kappa shape index (κ2) is 31.7. The Morgan fingerprint density at radius 2 is 1.03 bits per heavy atom. The van der Waals surface area contributed by atoms with Crippen molar-refractivity contribution in [3.63, 3.8) is 0 Å². The number of esters is 2. The summed E-state index contributed by atoms with van der Waals surface area (Å²) in [7, 11) is 0. The molecule has 6 heterocycles. The molecule has 0 aliphatic rings. The van der Waals surface area contributed by atoms with Crippen LogP contribution in [0.3, 0.4) is 0 Å². The number of halogens is 1. The van der Waals surface area contributed by atoms with Gasteiger partial charge in [-0.15, -0.1) is 0 Å². The molecular weight excluding hydrogens is 948 g/mol. The van der Waals surface area contributed by atoms with Crippen LogP contribution in [0, 0.1) is 20.8 Å². The fourth-order valence-electron chi connectivity index (χ4n) is 4.03. The summed E-state index contributed by atoms with van der Waals surface area (Å²) < 4.78 is 35.7.